The summed E-state index contributed by atoms with van der Waals surface area (Å²) in [6, 6.07) is 73.4. The van der Waals surface area contributed by atoms with Gasteiger partial charge in [-0.1, -0.05) is 218 Å². The van der Waals surface area contributed by atoms with E-state index in [9.17, 15) is 68.6 Å². The van der Waals surface area contributed by atoms with E-state index < -0.39 is 79.6 Å². The normalized spacial score (nSPS) is 12.1. The van der Waals surface area contributed by atoms with Crippen molar-refractivity contribution in [2.24, 2.45) is 0 Å². The smallest absolute Gasteiger partial charge is 0.744 e. The van der Waals surface area contributed by atoms with Gasteiger partial charge < -0.3 is 73.3 Å². The van der Waals surface area contributed by atoms with E-state index in [2.05, 4.69) is 29.9 Å². The van der Waals surface area contributed by atoms with Crippen LogP contribution in [0.5, 0.6) is 0 Å². The Morgan fingerprint density at radius 1 is 0.182 bits per heavy atom. The fourth-order valence-corrected chi connectivity index (χ4v) is 20.4. The maximum Gasteiger partial charge on any atom is 3.00 e. The average molecular weight is 1960 g/mol. The molecule has 24 bridgehead atoms. The van der Waals surface area contributed by atoms with Gasteiger partial charge in [0.25, 0.3) is 0 Å². The third-order valence-electron chi connectivity index (χ3n) is 24.5. The molecule has 12 aromatic carbocycles. The molecule has 9 aromatic heterocycles. The Hall–Kier alpha value is -18.1. The Morgan fingerprint density at radius 2 is 0.315 bits per heavy atom. The number of carboxylic acid groups (broad SMARTS) is 3. The molecule has 15 heterocycles. The van der Waals surface area contributed by atoms with Gasteiger partial charge in [-0.2, -0.15) is 0 Å². The molecular weight excluding hydrogens is 1920 g/mol. The number of nitrogens with one attached hydrogen (secondary N) is 6. The second-order valence-corrected chi connectivity index (χ2v) is 36.6. The molecule has 21 aromatic rings. The van der Waals surface area contributed by atoms with Gasteiger partial charge in [-0.25, -0.2) is 115 Å². The zero-order chi connectivity index (χ0) is 96.1. The molecule has 0 fully saturated rings. The number of aromatic nitrogens is 24. The van der Waals surface area contributed by atoms with Gasteiger partial charge in [-0.3, -0.25) is 0 Å². The van der Waals surface area contributed by atoms with Crippen LogP contribution in [-0.2, 0) is 30.4 Å². The first-order valence-electron chi connectivity index (χ1n) is 42.6. The van der Waals surface area contributed by atoms with Gasteiger partial charge in [0.15, 0.2) is 69.9 Å². The largest absolute Gasteiger partial charge is 3.00 e. The Bertz CT molecular complexity index is 9400. The SMILES string of the molecule is O=C([O-])c1c(S(=O)(=O)[O-])ccc2c3nc4nc(nc5[nH]c(nc6nc(nc([nH]3)c12)-c1ccccc1-6)c1ccccc51)-c1ccccc1-4.O=C([O-])c1c(S(=O)(=O)[O-])ccc2c3nc4nc(nc5[nH]c(nc6nc(nc([nH]3)c12)-c1ccccc1-6)c1ccccc51)-c1ccccc1-4.O=C([O-])c1c(S(=O)(=O)[O-])ccc2c3nc4nc(nc5[nH]c(nc6nc(nc([nH]3)c12)-c1ccccc1-6)c1ccccc51)-c1ccccc1-4.[Al+3].[Al+3]. The fraction of sp³-hybridized carbons (Fsp3) is 0. The van der Waals surface area contributed by atoms with Crippen LogP contribution in [0.25, 0.3) is 269 Å². The van der Waals surface area contributed by atoms with Crippen LogP contribution in [0.2, 0.25) is 0 Å². The fourth-order valence-electron chi connectivity index (χ4n) is 18.4. The van der Waals surface area contributed by atoms with E-state index in [0.29, 0.717) is 136 Å². The zero-order valence-electron chi connectivity index (χ0n) is 72.3. The van der Waals surface area contributed by atoms with Crippen molar-refractivity contribution in [2.45, 2.75) is 14.7 Å². The molecule has 0 amide bonds. The average Bonchev–Trinajstić information content (AvgIpc) is 1.59. The van der Waals surface area contributed by atoms with E-state index in [4.69, 9.17) is 89.7 Å². The number of H-pyrrole nitrogens is 6. The van der Waals surface area contributed by atoms with Gasteiger partial charge in [0.1, 0.15) is 98.1 Å². The molecule has 0 atom stereocenters. The molecule has 0 saturated carbocycles. The number of nitrogens with zero attached hydrogens (tertiary/aromatic N) is 18. The Morgan fingerprint density at radius 3 is 0.462 bits per heavy atom. The van der Waals surface area contributed by atoms with Crippen molar-refractivity contribution in [3.05, 3.63) is 271 Å². The monoisotopic (exact) mass is 1960 g/mol. The maximum absolute atomic E-state index is 12.5. The van der Waals surface area contributed by atoms with Crippen LogP contribution in [0.15, 0.2) is 269 Å². The van der Waals surface area contributed by atoms with Gasteiger partial charge in [-0.15, -0.1) is 0 Å². The van der Waals surface area contributed by atoms with Gasteiger partial charge in [0, 0.05) is 148 Å². The predicted octanol–water partition coefficient (Wildman–Crippen LogP) is 11.6. The summed E-state index contributed by atoms with van der Waals surface area (Å²) >= 11 is 0. The number of carboxylic acids is 3. The summed E-state index contributed by atoms with van der Waals surface area (Å²) in [7, 11) is -15.7. The number of aromatic amines is 6. The van der Waals surface area contributed by atoms with Gasteiger partial charge >= 0.3 is 34.7 Å². The van der Waals surface area contributed by atoms with Gasteiger partial charge in [-0.05, 0) is 36.4 Å². The zero-order valence-corrected chi connectivity index (χ0v) is 77.1. The van der Waals surface area contributed by atoms with Crippen molar-refractivity contribution >= 4 is 215 Å². The number of hydrogen-bond donors (Lipinski definition) is 6. The Kier molecular flexibility index (Phi) is 20.7. The minimum Gasteiger partial charge on any atom is -0.744 e. The first-order chi connectivity index (χ1) is 68.2. The molecule has 6 aliphatic rings. The molecule has 39 nitrogen and oxygen atoms in total. The minimum atomic E-state index is -5.22. The number of fused-ring (bicyclic) bond motifs is 60. The number of aromatic carboxylic acids is 3. The molecule has 0 saturated heterocycles. The molecule has 0 radical (unpaired) electrons. The third-order valence-corrected chi connectivity index (χ3v) is 27.1. The third kappa shape index (κ3) is 14.7. The van der Waals surface area contributed by atoms with Crippen molar-refractivity contribution in [2.75, 3.05) is 0 Å². The molecule has 44 heteroatoms. The summed E-state index contributed by atoms with van der Waals surface area (Å²) in [5.74, 6) is -2.23. The van der Waals surface area contributed by atoms with Crippen molar-refractivity contribution in [1.82, 2.24) is 120 Å². The van der Waals surface area contributed by atoms with Crippen LogP contribution in [0.1, 0.15) is 31.1 Å². The Labute approximate surface area is 820 Å². The van der Waals surface area contributed by atoms with Crippen LogP contribution in [0.4, 0.5) is 0 Å². The second kappa shape index (κ2) is 33.4. The van der Waals surface area contributed by atoms with Crippen LogP contribution in [0, 0.1) is 0 Å². The van der Waals surface area contributed by atoms with Crippen molar-refractivity contribution in [3.8, 4) is 137 Å². The van der Waals surface area contributed by atoms with E-state index in [0.717, 1.165) is 50.5 Å². The van der Waals surface area contributed by atoms with Crippen molar-refractivity contribution in [1.29, 1.82) is 0 Å². The first-order valence-corrected chi connectivity index (χ1v) is 46.8. The molecule has 27 rings (SSSR count). The number of benzene rings is 12. The predicted molar refractivity (Wildman–Crippen MR) is 517 cm³/mol. The molecule has 0 aliphatic carbocycles. The number of carbonyl (C=O) groups excluding carboxylic acids is 3. The summed E-state index contributed by atoms with van der Waals surface area (Å²) in [6.45, 7) is 0. The summed E-state index contributed by atoms with van der Waals surface area (Å²) in [5, 5.41) is 42.3. The molecule has 678 valence electrons. The van der Waals surface area contributed by atoms with Crippen molar-refractivity contribution < 1.29 is 68.6 Å². The molecule has 143 heavy (non-hydrogen) atoms. The topological polar surface area (TPSA) is 619 Å². The standard InChI is InChI=1S/3C33H18N8O5S.2Al/c3*42-33(43)24-22(47(44,45)46)14-13-21-23(24)32-40-30-20-12-6-5-11-19(20)28(38-30)36-26-16-8-2-1-7-15(16)25(34-26)35-27-17-9-3-4-10-18(17)29(37-27)39-31(21)41-32;;/h3*1-14H,(H,42,43)(H,44,45,46)(H2,34,35,36,37,38,39,40,41);;/q;;;2*+3/p-6. The summed E-state index contributed by atoms with van der Waals surface area (Å²) in [5.41, 5.74) is 8.45. The van der Waals surface area contributed by atoms with Crippen LogP contribution < -0.4 is 15.3 Å². The van der Waals surface area contributed by atoms with Crippen LogP contribution in [-0.4, -0.2) is 211 Å². The first kappa shape index (κ1) is 88.9. The van der Waals surface area contributed by atoms with E-state index in [1.165, 1.54) is 18.2 Å². The van der Waals surface area contributed by atoms with E-state index in [-0.39, 0.29) is 136 Å². The molecule has 0 unspecified atom stereocenters. The quantitative estimate of drug-likeness (QED) is 0.0665. The molecule has 6 N–H and O–H groups in total. The molecule has 0 spiro atoms. The number of rotatable bonds is 6. The minimum absolute atomic E-state index is 0. The van der Waals surface area contributed by atoms with E-state index in [1.807, 2.05) is 182 Å². The number of hydrogen-bond acceptors (Lipinski definition) is 33. The summed E-state index contributed by atoms with van der Waals surface area (Å²) in [4.78, 5) is 140. The summed E-state index contributed by atoms with van der Waals surface area (Å²) < 4.78 is 110. The van der Waals surface area contributed by atoms with E-state index >= 15 is 0 Å². The maximum atomic E-state index is 12.5. The number of carbonyl (C=O) groups is 3. The molecular formula is C99H48Al2N24O15S3. The van der Waals surface area contributed by atoms with Gasteiger partial charge in [0.2, 0.25) is 0 Å². The second-order valence-electron chi connectivity index (χ2n) is 32.5. The van der Waals surface area contributed by atoms with Crippen LogP contribution >= 0.6 is 0 Å². The van der Waals surface area contributed by atoms with Gasteiger partial charge in [0.05, 0.1) is 32.6 Å². The molecule has 6 aliphatic heterocycles. The van der Waals surface area contributed by atoms with Crippen molar-refractivity contribution in [3.63, 3.8) is 0 Å². The Balaban J connectivity index is 0.000000118. The van der Waals surface area contributed by atoms with E-state index in [1.54, 1.807) is 36.4 Å². The van der Waals surface area contributed by atoms with Crippen LogP contribution in [0.3, 0.4) is 0 Å². The summed E-state index contributed by atoms with van der Waals surface area (Å²) in [6.07, 6.45) is 0.